The van der Waals surface area contributed by atoms with Gasteiger partial charge in [0.2, 0.25) is 0 Å². The topological polar surface area (TPSA) is 32.3 Å². The number of hydrogen-bond acceptors (Lipinski definition) is 2. The van der Waals surface area contributed by atoms with Crippen LogP contribution < -0.4 is 5.32 Å². The van der Waals surface area contributed by atoms with Gasteiger partial charge < -0.3 is 10.4 Å². The summed E-state index contributed by atoms with van der Waals surface area (Å²) in [7, 11) is 1.74. The second-order valence-electron chi connectivity index (χ2n) is 1.24. The van der Waals surface area contributed by atoms with Gasteiger partial charge >= 0.3 is 0 Å². The molecule has 0 saturated carbocycles. The van der Waals surface area contributed by atoms with Crippen LogP contribution in [0.4, 0.5) is 0 Å². The van der Waals surface area contributed by atoms with Gasteiger partial charge in [0, 0.05) is 6.54 Å². The number of terminal acetylenes is 1. The first-order valence-corrected chi connectivity index (χ1v) is 2.10. The average molecular weight is 99.1 g/mol. The molecule has 0 aliphatic rings. The van der Waals surface area contributed by atoms with Crippen molar-refractivity contribution in [1.82, 2.24) is 5.32 Å². The Morgan fingerprint density at radius 3 is 2.71 bits per heavy atom. The largest absolute Gasteiger partial charge is 0.379 e. The summed E-state index contributed by atoms with van der Waals surface area (Å²) in [6, 6.07) is 0. The first-order chi connectivity index (χ1) is 3.31. The summed E-state index contributed by atoms with van der Waals surface area (Å²) < 4.78 is 0. The highest BCUT2D eigenvalue weighted by Gasteiger charge is 1.90. The molecule has 0 aliphatic carbocycles. The van der Waals surface area contributed by atoms with Gasteiger partial charge in [-0.2, -0.15) is 0 Å². The highest BCUT2D eigenvalue weighted by Crippen LogP contribution is 1.70. The second-order valence-corrected chi connectivity index (χ2v) is 1.24. The molecule has 0 rings (SSSR count). The first kappa shape index (κ1) is 6.48. The number of aliphatic hydroxyl groups excluding tert-OH is 1. The molecule has 40 valence electrons. The summed E-state index contributed by atoms with van der Waals surface area (Å²) >= 11 is 0. The normalized spacial score (nSPS) is 12.7. The van der Waals surface area contributed by atoms with Gasteiger partial charge in [-0.15, -0.1) is 6.42 Å². The third kappa shape index (κ3) is 3.31. The summed E-state index contributed by atoms with van der Waals surface area (Å²) in [5, 5.41) is 11.3. The van der Waals surface area contributed by atoms with Crippen molar-refractivity contribution in [2.24, 2.45) is 0 Å². The molecule has 7 heavy (non-hydrogen) atoms. The molecule has 0 saturated heterocycles. The van der Waals surface area contributed by atoms with E-state index in [2.05, 4.69) is 11.2 Å². The maximum Gasteiger partial charge on any atom is 0.126 e. The van der Waals surface area contributed by atoms with Crippen molar-refractivity contribution < 1.29 is 5.11 Å². The molecular formula is C5H9NO. The molecule has 2 N–H and O–H groups in total. The van der Waals surface area contributed by atoms with Gasteiger partial charge in [0.15, 0.2) is 0 Å². The van der Waals surface area contributed by atoms with E-state index in [9.17, 15) is 0 Å². The molecule has 0 aromatic heterocycles. The Morgan fingerprint density at radius 2 is 2.57 bits per heavy atom. The first-order valence-electron chi connectivity index (χ1n) is 2.10. The number of hydrogen-bond donors (Lipinski definition) is 2. The fourth-order valence-corrected chi connectivity index (χ4v) is 0.252. The molecule has 0 spiro atoms. The van der Waals surface area contributed by atoms with Gasteiger partial charge in [0.1, 0.15) is 6.10 Å². The van der Waals surface area contributed by atoms with Crippen LogP contribution in [-0.2, 0) is 0 Å². The van der Waals surface area contributed by atoms with Gasteiger partial charge in [0.05, 0.1) is 0 Å². The van der Waals surface area contributed by atoms with Crippen LogP contribution in [0.3, 0.4) is 0 Å². The Labute approximate surface area is 43.5 Å². The Morgan fingerprint density at radius 1 is 2.00 bits per heavy atom. The van der Waals surface area contributed by atoms with E-state index in [1.807, 2.05) is 0 Å². The zero-order valence-corrected chi connectivity index (χ0v) is 4.31. The van der Waals surface area contributed by atoms with E-state index in [-0.39, 0.29) is 0 Å². The Bertz CT molecular complexity index is 74.6. The van der Waals surface area contributed by atoms with Gasteiger partial charge in [-0.25, -0.2) is 0 Å². The lowest BCUT2D eigenvalue weighted by molar-refractivity contribution is 0.231. The fraction of sp³-hybridized carbons (Fsp3) is 0.600. The lowest BCUT2D eigenvalue weighted by Crippen LogP contribution is -2.21. The van der Waals surface area contributed by atoms with E-state index in [1.165, 1.54) is 0 Å². The van der Waals surface area contributed by atoms with Crippen LogP contribution in [0.15, 0.2) is 0 Å². The zero-order valence-electron chi connectivity index (χ0n) is 4.31. The molecule has 1 atom stereocenters. The molecule has 0 bridgehead atoms. The summed E-state index contributed by atoms with van der Waals surface area (Å²) in [6.45, 7) is 0.469. The van der Waals surface area contributed by atoms with Crippen LogP contribution in [0.25, 0.3) is 0 Å². The maximum atomic E-state index is 8.56. The van der Waals surface area contributed by atoms with Crippen molar-refractivity contribution in [3.8, 4) is 12.3 Å². The monoisotopic (exact) mass is 99.1 g/mol. The number of aliphatic hydroxyl groups is 1. The second kappa shape index (κ2) is 3.66. The summed E-state index contributed by atoms with van der Waals surface area (Å²) in [4.78, 5) is 0. The van der Waals surface area contributed by atoms with Crippen LogP contribution in [-0.4, -0.2) is 24.8 Å². The van der Waals surface area contributed by atoms with E-state index in [4.69, 9.17) is 11.5 Å². The van der Waals surface area contributed by atoms with E-state index >= 15 is 0 Å². The Hall–Kier alpha value is -0.520. The average Bonchev–Trinajstić information content (AvgIpc) is 1.68. The molecule has 0 aromatic rings. The molecule has 2 nitrogen and oxygen atoms in total. The van der Waals surface area contributed by atoms with E-state index < -0.39 is 6.10 Å². The third-order valence-corrected chi connectivity index (χ3v) is 0.590. The predicted molar refractivity (Wildman–Crippen MR) is 28.8 cm³/mol. The molecule has 2 heteroatoms. The number of rotatable bonds is 2. The van der Waals surface area contributed by atoms with Crippen LogP contribution in [0.5, 0.6) is 0 Å². The minimum atomic E-state index is -0.634. The standard InChI is InChI=1S/C5H9NO/c1-3-5(7)4-6-2/h1,5-7H,4H2,2H3. The number of nitrogens with one attached hydrogen (secondary N) is 1. The van der Waals surface area contributed by atoms with Gasteiger partial charge in [0.25, 0.3) is 0 Å². The minimum absolute atomic E-state index is 0.469. The fourth-order valence-electron chi connectivity index (χ4n) is 0.252. The van der Waals surface area contributed by atoms with Crippen molar-refractivity contribution in [1.29, 1.82) is 0 Å². The summed E-state index contributed by atoms with van der Waals surface area (Å²) in [5.74, 6) is 2.16. The van der Waals surface area contributed by atoms with Crippen molar-refractivity contribution in [3.63, 3.8) is 0 Å². The lowest BCUT2D eigenvalue weighted by Gasteiger charge is -1.97. The zero-order chi connectivity index (χ0) is 5.70. The van der Waals surface area contributed by atoms with Gasteiger partial charge in [-0.1, -0.05) is 5.92 Å². The van der Waals surface area contributed by atoms with E-state index in [1.54, 1.807) is 7.05 Å². The molecule has 0 amide bonds. The van der Waals surface area contributed by atoms with E-state index in [0.29, 0.717) is 6.54 Å². The van der Waals surface area contributed by atoms with Crippen LogP contribution in [0.2, 0.25) is 0 Å². The van der Waals surface area contributed by atoms with Crippen molar-refractivity contribution in [2.75, 3.05) is 13.6 Å². The van der Waals surface area contributed by atoms with Crippen molar-refractivity contribution >= 4 is 0 Å². The van der Waals surface area contributed by atoms with E-state index in [0.717, 1.165) is 0 Å². The lowest BCUT2D eigenvalue weighted by atomic mass is 10.4. The van der Waals surface area contributed by atoms with Crippen LogP contribution in [0, 0.1) is 12.3 Å². The van der Waals surface area contributed by atoms with Crippen LogP contribution >= 0.6 is 0 Å². The summed E-state index contributed by atoms with van der Waals surface area (Å²) in [6.07, 6.45) is 4.18. The quantitative estimate of drug-likeness (QED) is 0.444. The molecule has 0 aliphatic heterocycles. The molecule has 1 unspecified atom stereocenters. The Kier molecular flexibility index (Phi) is 3.39. The maximum absolute atomic E-state index is 8.56. The van der Waals surface area contributed by atoms with Crippen molar-refractivity contribution in [2.45, 2.75) is 6.10 Å². The molecule has 0 aromatic carbocycles. The number of likely N-dealkylation sites (N-methyl/N-ethyl adjacent to an activating group) is 1. The molecule has 0 fully saturated rings. The highest BCUT2D eigenvalue weighted by molar-refractivity contribution is 4.93. The molecule has 0 radical (unpaired) electrons. The SMILES string of the molecule is C#CC(O)CNC. The third-order valence-electron chi connectivity index (χ3n) is 0.590. The van der Waals surface area contributed by atoms with Gasteiger partial charge in [-0.3, -0.25) is 0 Å². The summed E-state index contributed by atoms with van der Waals surface area (Å²) in [5.41, 5.74) is 0. The predicted octanol–water partition coefficient (Wildman–Crippen LogP) is -0.800. The van der Waals surface area contributed by atoms with Gasteiger partial charge in [-0.05, 0) is 7.05 Å². The Balaban J connectivity index is 3.04. The minimum Gasteiger partial charge on any atom is -0.379 e. The highest BCUT2D eigenvalue weighted by atomic mass is 16.3. The molecular weight excluding hydrogens is 90.1 g/mol. The molecule has 0 heterocycles. The van der Waals surface area contributed by atoms with Crippen molar-refractivity contribution in [3.05, 3.63) is 0 Å². The smallest absolute Gasteiger partial charge is 0.126 e. The van der Waals surface area contributed by atoms with Crippen LogP contribution in [0.1, 0.15) is 0 Å².